The zero-order valence-electron chi connectivity index (χ0n) is 24.3. The van der Waals surface area contributed by atoms with E-state index in [0.717, 1.165) is 21.9 Å². The van der Waals surface area contributed by atoms with Crippen LogP contribution in [0.2, 0.25) is 5.02 Å². The number of allylic oxidation sites excluding steroid dienone is 2. The van der Waals surface area contributed by atoms with E-state index in [0.29, 0.717) is 16.3 Å². The Balaban J connectivity index is 1.41. The predicted octanol–water partition coefficient (Wildman–Crippen LogP) is 6.35. The van der Waals surface area contributed by atoms with E-state index in [2.05, 4.69) is 0 Å². The molecule has 0 bridgehead atoms. The molecule has 7 rings (SSSR count). The van der Waals surface area contributed by atoms with Crippen LogP contribution >= 0.6 is 34.8 Å². The highest BCUT2D eigenvalue weighted by molar-refractivity contribution is 6.58. The van der Waals surface area contributed by atoms with Gasteiger partial charge in [-0.2, -0.15) is 0 Å². The molecule has 2 aliphatic carbocycles. The number of carbonyl (C=O) groups excluding carboxylic acids is 4. The third-order valence-corrected chi connectivity index (χ3v) is 11.3. The molecule has 46 heavy (non-hydrogen) atoms. The number of phenolic OH excluding ortho intramolecular Hbond substituents is 1. The van der Waals surface area contributed by atoms with Crippen molar-refractivity contribution in [2.75, 3.05) is 16.4 Å². The molecule has 6 atom stereocenters. The molecule has 0 spiro atoms. The van der Waals surface area contributed by atoms with Crippen molar-refractivity contribution in [1.29, 1.82) is 0 Å². The summed E-state index contributed by atoms with van der Waals surface area (Å²) in [6.45, 7) is 1.98. The lowest BCUT2D eigenvalue weighted by atomic mass is 9.56. The Morgan fingerprint density at radius 1 is 0.891 bits per heavy atom. The second kappa shape index (κ2) is 10.8. The number of fused-ring (bicyclic) bond motifs is 4. The quantitative estimate of drug-likeness (QED) is 0.191. The Hall–Kier alpha value is -3.92. The largest absolute Gasteiger partial charge is 0.504 e. The number of ether oxygens (including phenoxy) is 1. The number of hydrogen-bond donors (Lipinski definition) is 1. The lowest BCUT2D eigenvalue weighted by Gasteiger charge is -2.50. The van der Waals surface area contributed by atoms with E-state index < -0.39 is 62.9 Å². The van der Waals surface area contributed by atoms with Crippen molar-refractivity contribution in [3.63, 3.8) is 0 Å². The molecule has 3 aromatic rings. The first-order valence-corrected chi connectivity index (χ1v) is 15.9. The van der Waals surface area contributed by atoms with Crippen LogP contribution in [0.1, 0.15) is 31.2 Å². The SMILES string of the molecule is CCOc1cccc([C@H]2C3=CC[C@@H]4C(=O)N(c5ccc(Cl)cc5)C(=O)[C@@H]4[C@@H]3C[C@@]3(Cl)C(=O)N(c4ccc(F)cc4)C(=O)[C@@]23Cl)c1O. The number of alkyl halides is 2. The number of halogens is 4. The summed E-state index contributed by atoms with van der Waals surface area (Å²) in [4.78, 5) is 54.4. The summed E-state index contributed by atoms with van der Waals surface area (Å²) in [7, 11) is 0. The molecular formula is C34H26Cl3FN2O6. The van der Waals surface area contributed by atoms with Crippen LogP contribution in [0.5, 0.6) is 11.5 Å². The maximum absolute atomic E-state index is 14.5. The van der Waals surface area contributed by atoms with E-state index in [9.17, 15) is 28.7 Å². The lowest BCUT2D eigenvalue weighted by molar-refractivity contribution is -0.125. The van der Waals surface area contributed by atoms with Crippen molar-refractivity contribution in [2.24, 2.45) is 17.8 Å². The second-order valence-corrected chi connectivity index (χ2v) is 13.5. The van der Waals surface area contributed by atoms with E-state index in [1.54, 1.807) is 55.5 Å². The third kappa shape index (κ3) is 4.11. The summed E-state index contributed by atoms with van der Waals surface area (Å²) in [6, 6.07) is 15.8. The van der Waals surface area contributed by atoms with Gasteiger partial charge in [-0.1, -0.05) is 35.4 Å². The molecule has 12 heteroatoms. The Labute approximate surface area is 278 Å². The van der Waals surface area contributed by atoms with Crippen molar-refractivity contribution in [3.8, 4) is 11.5 Å². The number of anilines is 2. The molecule has 1 N–H and O–H groups in total. The summed E-state index contributed by atoms with van der Waals surface area (Å²) >= 11 is 20.8. The van der Waals surface area contributed by atoms with E-state index in [1.165, 1.54) is 12.1 Å². The van der Waals surface area contributed by atoms with Crippen LogP contribution in [0.15, 0.2) is 78.4 Å². The van der Waals surface area contributed by atoms with Gasteiger partial charge in [0.1, 0.15) is 5.82 Å². The van der Waals surface area contributed by atoms with Crippen LogP contribution in [0.25, 0.3) is 0 Å². The van der Waals surface area contributed by atoms with Gasteiger partial charge in [-0.05, 0) is 80.3 Å². The maximum atomic E-state index is 14.5. The van der Waals surface area contributed by atoms with Crippen molar-refractivity contribution in [3.05, 3.63) is 94.8 Å². The van der Waals surface area contributed by atoms with Crippen LogP contribution in [0.4, 0.5) is 15.8 Å². The van der Waals surface area contributed by atoms with Crippen LogP contribution in [0.3, 0.4) is 0 Å². The standard InChI is InChI=1S/C34H26Cl3FN2O6/c1-2-46-25-5-3-4-23(28(25)41)27-21-14-15-22-26(30(43)39(29(22)42)19-10-6-17(35)7-11-19)24(21)16-33(36)31(44)40(32(45)34(27,33)37)20-12-8-18(38)9-13-20/h3-14,22,24,26-27,41H,2,15-16H2,1H3/t22-,24+,26-,27+,33+,34-/m0/s1. The first-order valence-electron chi connectivity index (χ1n) is 14.7. The number of nitrogens with zero attached hydrogens (tertiary/aromatic N) is 2. The first-order chi connectivity index (χ1) is 21.9. The number of benzene rings is 3. The van der Waals surface area contributed by atoms with Gasteiger partial charge in [-0.3, -0.25) is 24.1 Å². The number of phenols is 1. The second-order valence-electron chi connectivity index (χ2n) is 11.9. The topological polar surface area (TPSA) is 104 Å². The van der Waals surface area contributed by atoms with E-state index in [1.807, 2.05) is 0 Å². The number of aromatic hydroxyl groups is 1. The van der Waals surface area contributed by atoms with Crippen molar-refractivity contribution in [2.45, 2.75) is 35.4 Å². The molecular weight excluding hydrogens is 658 g/mol. The number of para-hydroxylation sites is 1. The Morgan fingerprint density at radius 2 is 1.54 bits per heavy atom. The zero-order chi connectivity index (χ0) is 32.7. The molecule has 1 saturated carbocycles. The number of hydrogen-bond acceptors (Lipinski definition) is 6. The van der Waals surface area contributed by atoms with Gasteiger partial charge in [0.25, 0.3) is 11.8 Å². The highest BCUT2D eigenvalue weighted by Gasteiger charge is 2.77. The summed E-state index contributed by atoms with van der Waals surface area (Å²) in [5, 5.41) is 11.9. The molecule has 0 radical (unpaired) electrons. The minimum atomic E-state index is -2.18. The Kier molecular flexibility index (Phi) is 7.23. The summed E-state index contributed by atoms with van der Waals surface area (Å²) in [6.07, 6.45) is 1.68. The molecule has 236 valence electrons. The molecule has 2 saturated heterocycles. The van der Waals surface area contributed by atoms with E-state index in [4.69, 9.17) is 39.5 Å². The predicted molar refractivity (Wildman–Crippen MR) is 170 cm³/mol. The van der Waals surface area contributed by atoms with Gasteiger partial charge in [0, 0.05) is 16.5 Å². The fourth-order valence-corrected chi connectivity index (χ4v) is 8.69. The van der Waals surface area contributed by atoms with Gasteiger partial charge in [0.05, 0.1) is 29.8 Å². The maximum Gasteiger partial charge on any atom is 0.258 e. The van der Waals surface area contributed by atoms with Gasteiger partial charge >= 0.3 is 0 Å². The van der Waals surface area contributed by atoms with Crippen molar-refractivity contribution < 1.29 is 33.4 Å². The van der Waals surface area contributed by atoms with Gasteiger partial charge in [-0.25, -0.2) is 9.29 Å². The van der Waals surface area contributed by atoms with Crippen LogP contribution in [-0.4, -0.2) is 45.1 Å². The lowest BCUT2D eigenvalue weighted by Crippen LogP contribution is -2.60. The Morgan fingerprint density at radius 3 is 2.22 bits per heavy atom. The van der Waals surface area contributed by atoms with Gasteiger partial charge in [-0.15, -0.1) is 23.2 Å². The summed E-state index contributed by atoms with van der Waals surface area (Å²) in [5.74, 6) is -7.03. The number of rotatable bonds is 5. The minimum Gasteiger partial charge on any atom is -0.504 e. The fourth-order valence-electron chi connectivity index (χ4n) is 7.63. The summed E-state index contributed by atoms with van der Waals surface area (Å²) < 4.78 is 19.5. The molecule has 3 aromatic carbocycles. The molecule has 0 aromatic heterocycles. The van der Waals surface area contributed by atoms with Gasteiger partial charge < -0.3 is 9.84 Å². The number of imide groups is 2. The normalized spacial score (nSPS) is 30.2. The Bertz CT molecular complexity index is 1850. The van der Waals surface area contributed by atoms with Gasteiger partial charge in [0.15, 0.2) is 21.2 Å². The molecule has 8 nitrogen and oxygen atoms in total. The van der Waals surface area contributed by atoms with E-state index >= 15 is 0 Å². The monoisotopic (exact) mass is 682 g/mol. The van der Waals surface area contributed by atoms with Crippen LogP contribution < -0.4 is 14.5 Å². The first kappa shape index (κ1) is 30.7. The smallest absolute Gasteiger partial charge is 0.258 e. The third-order valence-electron chi connectivity index (χ3n) is 9.62. The summed E-state index contributed by atoms with van der Waals surface area (Å²) in [5.41, 5.74) is 1.10. The van der Waals surface area contributed by atoms with Crippen LogP contribution in [-0.2, 0) is 19.2 Å². The molecule has 4 aliphatic rings. The number of carbonyl (C=O) groups is 4. The average Bonchev–Trinajstić information content (AvgIpc) is 3.37. The van der Waals surface area contributed by atoms with Gasteiger partial charge in [0.2, 0.25) is 11.8 Å². The zero-order valence-corrected chi connectivity index (χ0v) is 26.5. The molecule has 4 amide bonds. The molecule has 2 heterocycles. The highest BCUT2D eigenvalue weighted by atomic mass is 35.5. The molecule has 0 unspecified atom stereocenters. The average molecular weight is 684 g/mol. The van der Waals surface area contributed by atoms with Crippen molar-refractivity contribution in [1.82, 2.24) is 0 Å². The minimum absolute atomic E-state index is 0.0627. The highest BCUT2D eigenvalue weighted by Crippen LogP contribution is 2.66. The molecule has 3 fully saturated rings. The van der Waals surface area contributed by atoms with Crippen LogP contribution in [0, 0.1) is 23.6 Å². The fraction of sp³-hybridized carbons (Fsp3) is 0.294. The molecule has 2 aliphatic heterocycles. The number of amides is 4. The van der Waals surface area contributed by atoms with Crippen molar-refractivity contribution >= 4 is 69.8 Å². The van der Waals surface area contributed by atoms with E-state index in [-0.39, 0.29) is 42.2 Å².